The Hall–Kier alpha value is -1.42. The van der Waals surface area contributed by atoms with Crippen LogP contribution in [0.25, 0.3) is 0 Å². The molecule has 0 fully saturated rings. The van der Waals surface area contributed by atoms with Gasteiger partial charge in [-0.3, -0.25) is 0 Å². The fourth-order valence-corrected chi connectivity index (χ4v) is 2.33. The van der Waals surface area contributed by atoms with E-state index in [4.69, 9.17) is 10.2 Å². The Balaban J connectivity index is 2.33. The Kier molecular flexibility index (Phi) is 2.92. The first-order valence-electron chi connectivity index (χ1n) is 5.05. The van der Waals surface area contributed by atoms with Gasteiger partial charge in [-0.25, -0.2) is 4.98 Å². The van der Waals surface area contributed by atoms with E-state index in [9.17, 15) is 0 Å². The molecule has 0 bridgehead atoms. The molecule has 0 atom stereocenters. The lowest BCUT2D eigenvalue weighted by Crippen LogP contribution is -1.90. The van der Waals surface area contributed by atoms with Crippen molar-refractivity contribution in [2.45, 2.75) is 30.9 Å². The number of hydrogen-bond acceptors (Lipinski definition) is 4. The number of oxazole rings is 1. The van der Waals surface area contributed by atoms with E-state index < -0.39 is 0 Å². The Morgan fingerprint density at radius 2 is 2.00 bits per heavy atom. The quantitative estimate of drug-likeness (QED) is 0.810. The van der Waals surface area contributed by atoms with Gasteiger partial charge in [0.2, 0.25) is 0 Å². The summed E-state index contributed by atoms with van der Waals surface area (Å²) in [6.45, 7) is 5.87. The van der Waals surface area contributed by atoms with Gasteiger partial charge in [0.15, 0.2) is 0 Å². The summed E-state index contributed by atoms with van der Waals surface area (Å²) in [6, 6.07) is 5.86. The van der Waals surface area contributed by atoms with Gasteiger partial charge in [-0.2, -0.15) is 0 Å². The summed E-state index contributed by atoms with van der Waals surface area (Å²) >= 11 is 1.47. The van der Waals surface area contributed by atoms with E-state index in [1.165, 1.54) is 11.8 Å². The summed E-state index contributed by atoms with van der Waals surface area (Å²) < 4.78 is 5.52. The van der Waals surface area contributed by atoms with Crippen molar-refractivity contribution in [1.82, 2.24) is 4.98 Å². The lowest BCUT2D eigenvalue weighted by Gasteiger charge is -2.05. The monoisotopic (exact) mass is 234 g/mol. The van der Waals surface area contributed by atoms with Crippen molar-refractivity contribution in [2.75, 3.05) is 5.73 Å². The van der Waals surface area contributed by atoms with Gasteiger partial charge in [-0.15, -0.1) is 0 Å². The van der Waals surface area contributed by atoms with E-state index in [-0.39, 0.29) is 0 Å². The summed E-state index contributed by atoms with van der Waals surface area (Å²) in [5.74, 6) is 0.856. The second-order valence-electron chi connectivity index (χ2n) is 3.72. The van der Waals surface area contributed by atoms with E-state index in [1.807, 2.05) is 39.0 Å². The first-order chi connectivity index (χ1) is 7.58. The number of rotatable bonds is 2. The van der Waals surface area contributed by atoms with Crippen LogP contribution in [-0.2, 0) is 0 Å². The summed E-state index contributed by atoms with van der Waals surface area (Å²) in [5, 5.41) is 0.649. The Bertz CT molecular complexity index is 480. The van der Waals surface area contributed by atoms with Crippen molar-refractivity contribution >= 4 is 17.4 Å². The maximum absolute atomic E-state index is 5.92. The number of nitrogens with two attached hydrogens (primary N) is 1. The third kappa shape index (κ3) is 2.07. The number of benzene rings is 1. The zero-order valence-electron chi connectivity index (χ0n) is 9.57. The van der Waals surface area contributed by atoms with Gasteiger partial charge in [-0.05, 0) is 44.2 Å². The zero-order chi connectivity index (χ0) is 11.7. The fourth-order valence-electron chi connectivity index (χ4n) is 1.39. The fraction of sp³-hybridized carbons (Fsp3) is 0.250. The van der Waals surface area contributed by atoms with Crippen LogP contribution in [0.1, 0.15) is 17.0 Å². The second-order valence-corrected chi connectivity index (χ2v) is 4.68. The van der Waals surface area contributed by atoms with E-state index in [0.29, 0.717) is 5.22 Å². The van der Waals surface area contributed by atoms with Crippen molar-refractivity contribution in [3.8, 4) is 0 Å². The number of nitrogens with zero attached hydrogens (tertiary/aromatic N) is 1. The number of aryl methyl sites for hydroxylation is 3. The molecule has 3 nitrogen and oxygen atoms in total. The largest absolute Gasteiger partial charge is 0.436 e. The van der Waals surface area contributed by atoms with E-state index in [2.05, 4.69) is 4.98 Å². The van der Waals surface area contributed by atoms with Crippen LogP contribution in [0.4, 0.5) is 5.69 Å². The van der Waals surface area contributed by atoms with Gasteiger partial charge in [0.25, 0.3) is 5.22 Å². The van der Waals surface area contributed by atoms with Gasteiger partial charge in [-0.1, -0.05) is 12.1 Å². The number of aromatic nitrogens is 1. The predicted molar refractivity (Wildman–Crippen MR) is 65.7 cm³/mol. The van der Waals surface area contributed by atoms with Crippen LogP contribution in [0, 0.1) is 20.8 Å². The van der Waals surface area contributed by atoms with Crippen molar-refractivity contribution in [1.29, 1.82) is 0 Å². The molecule has 0 saturated carbocycles. The molecule has 84 valence electrons. The van der Waals surface area contributed by atoms with Gasteiger partial charge in [0, 0.05) is 10.6 Å². The summed E-state index contributed by atoms with van der Waals surface area (Å²) in [4.78, 5) is 5.35. The van der Waals surface area contributed by atoms with Crippen LogP contribution >= 0.6 is 11.8 Å². The van der Waals surface area contributed by atoms with Crippen LogP contribution in [0.15, 0.2) is 32.7 Å². The van der Waals surface area contributed by atoms with E-state index in [0.717, 1.165) is 27.6 Å². The van der Waals surface area contributed by atoms with Crippen LogP contribution in [0.5, 0.6) is 0 Å². The van der Waals surface area contributed by atoms with Crippen LogP contribution < -0.4 is 5.73 Å². The minimum absolute atomic E-state index is 0.649. The molecule has 0 unspecified atom stereocenters. The molecule has 0 aliphatic heterocycles. The Morgan fingerprint density at radius 1 is 1.25 bits per heavy atom. The summed E-state index contributed by atoms with van der Waals surface area (Å²) in [7, 11) is 0. The van der Waals surface area contributed by atoms with E-state index >= 15 is 0 Å². The molecular formula is C12H14N2OS. The molecule has 0 spiro atoms. The molecular weight excluding hydrogens is 220 g/mol. The molecule has 0 saturated heterocycles. The highest BCUT2D eigenvalue weighted by atomic mass is 32.2. The molecule has 0 amide bonds. The molecule has 1 aromatic carbocycles. The maximum Gasteiger partial charge on any atom is 0.261 e. The molecule has 4 heteroatoms. The number of anilines is 1. The summed E-state index contributed by atoms with van der Waals surface area (Å²) in [6.07, 6.45) is 0. The first kappa shape index (κ1) is 11.1. The lowest BCUT2D eigenvalue weighted by atomic mass is 10.2. The first-order valence-corrected chi connectivity index (χ1v) is 5.86. The molecule has 2 aromatic rings. The highest BCUT2D eigenvalue weighted by Crippen LogP contribution is 2.34. The normalized spacial score (nSPS) is 10.7. The molecule has 2 N–H and O–H groups in total. The van der Waals surface area contributed by atoms with Crippen molar-refractivity contribution in [3.63, 3.8) is 0 Å². The lowest BCUT2D eigenvalue weighted by molar-refractivity contribution is 0.431. The highest BCUT2D eigenvalue weighted by molar-refractivity contribution is 7.99. The highest BCUT2D eigenvalue weighted by Gasteiger charge is 2.11. The smallest absolute Gasteiger partial charge is 0.261 e. The molecule has 0 radical (unpaired) electrons. The van der Waals surface area contributed by atoms with Crippen molar-refractivity contribution in [2.24, 2.45) is 0 Å². The standard InChI is InChI=1S/C12H14N2OS/c1-7-5-4-6-10(13)11(7)16-12-14-8(2)9(3)15-12/h4-6H,13H2,1-3H3. The third-order valence-electron chi connectivity index (χ3n) is 2.44. The average molecular weight is 234 g/mol. The minimum Gasteiger partial charge on any atom is -0.436 e. The molecule has 2 rings (SSSR count). The molecule has 1 aromatic heterocycles. The van der Waals surface area contributed by atoms with Crippen LogP contribution in [-0.4, -0.2) is 4.98 Å². The predicted octanol–water partition coefficient (Wildman–Crippen LogP) is 3.33. The third-order valence-corrected chi connectivity index (χ3v) is 3.55. The minimum atomic E-state index is 0.649. The zero-order valence-corrected chi connectivity index (χ0v) is 10.4. The van der Waals surface area contributed by atoms with Gasteiger partial charge < -0.3 is 10.2 Å². The van der Waals surface area contributed by atoms with Gasteiger partial charge in [0.05, 0.1) is 5.69 Å². The number of hydrogen-bond donors (Lipinski definition) is 1. The summed E-state index contributed by atoms with van der Waals surface area (Å²) in [5.41, 5.74) is 8.75. The van der Waals surface area contributed by atoms with Crippen LogP contribution in [0.3, 0.4) is 0 Å². The maximum atomic E-state index is 5.92. The average Bonchev–Trinajstić information content (AvgIpc) is 2.53. The topological polar surface area (TPSA) is 52.0 Å². The molecule has 0 aliphatic rings. The molecule has 0 aliphatic carbocycles. The van der Waals surface area contributed by atoms with Gasteiger partial charge in [0.1, 0.15) is 5.76 Å². The molecule has 16 heavy (non-hydrogen) atoms. The number of nitrogen functional groups attached to an aromatic ring is 1. The Labute approximate surface area is 99.1 Å². The van der Waals surface area contributed by atoms with Crippen LogP contribution in [0.2, 0.25) is 0 Å². The molecule has 1 heterocycles. The Morgan fingerprint density at radius 3 is 2.56 bits per heavy atom. The van der Waals surface area contributed by atoms with E-state index in [1.54, 1.807) is 0 Å². The SMILES string of the molecule is Cc1cccc(N)c1Sc1nc(C)c(C)o1. The van der Waals surface area contributed by atoms with Crippen molar-refractivity contribution < 1.29 is 4.42 Å². The van der Waals surface area contributed by atoms with Gasteiger partial charge >= 0.3 is 0 Å². The second kappa shape index (κ2) is 4.22. The van der Waals surface area contributed by atoms with Crippen molar-refractivity contribution in [3.05, 3.63) is 35.2 Å².